The van der Waals surface area contributed by atoms with Crippen molar-refractivity contribution in [2.45, 2.75) is 196 Å². The molecular weight excluding hydrogens is 781 g/mol. The fourth-order valence-corrected chi connectivity index (χ4v) is 9.45. The summed E-state index contributed by atoms with van der Waals surface area (Å²) in [5.74, 6) is 3.51. The third kappa shape index (κ3) is 27.9. The van der Waals surface area contributed by atoms with E-state index in [0.29, 0.717) is 13.1 Å². The molecular formula is C52H96N2O8. The smallest absolute Gasteiger partial charge is 0.309 e. The van der Waals surface area contributed by atoms with E-state index < -0.39 is 0 Å². The molecule has 2 fully saturated rings. The second kappa shape index (κ2) is 34.2. The van der Waals surface area contributed by atoms with Crippen molar-refractivity contribution in [3.8, 4) is 0 Å². The van der Waals surface area contributed by atoms with Gasteiger partial charge in [-0.25, -0.2) is 0 Å². The van der Waals surface area contributed by atoms with Gasteiger partial charge in [0.2, 0.25) is 0 Å². The van der Waals surface area contributed by atoms with Crippen LogP contribution in [0.4, 0.5) is 0 Å². The van der Waals surface area contributed by atoms with Gasteiger partial charge in [-0.2, -0.15) is 0 Å². The second-order valence-corrected chi connectivity index (χ2v) is 20.5. The van der Waals surface area contributed by atoms with E-state index in [1.807, 2.05) is 0 Å². The van der Waals surface area contributed by atoms with E-state index in [9.17, 15) is 19.2 Å². The Morgan fingerprint density at radius 3 is 1.26 bits per heavy atom. The Bertz CT molecular complexity index is 1100. The maximum absolute atomic E-state index is 12.7. The molecule has 0 N–H and O–H groups in total. The highest BCUT2D eigenvalue weighted by Gasteiger charge is 2.29. The van der Waals surface area contributed by atoms with Crippen LogP contribution in [0.15, 0.2) is 0 Å². The molecule has 10 nitrogen and oxygen atoms in total. The van der Waals surface area contributed by atoms with E-state index >= 15 is 0 Å². The lowest BCUT2D eigenvalue weighted by Gasteiger charge is -2.27. The zero-order valence-corrected chi connectivity index (χ0v) is 41.4. The first-order valence-corrected chi connectivity index (χ1v) is 25.8. The van der Waals surface area contributed by atoms with Gasteiger partial charge in [-0.1, -0.05) is 126 Å². The highest BCUT2D eigenvalue weighted by Crippen LogP contribution is 2.34. The van der Waals surface area contributed by atoms with Crippen LogP contribution in [0.3, 0.4) is 0 Å². The van der Waals surface area contributed by atoms with Gasteiger partial charge in [0.25, 0.3) is 0 Å². The van der Waals surface area contributed by atoms with E-state index in [1.165, 1.54) is 77.0 Å². The first kappa shape index (κ1) is 55.9. The molecule has 0 spiro atoms. The molecule has 62 heavy (non-hydrogen) atoms. The van der Waals surface area contributed by atoms with Crippen LogP contribution in [0.25, 0.3) is 0 Å². The highest BCUT2D eigenvalue weighted by atomic mass is 16.6. The zero-order valence-electron chi connectivity index (χ0n) is 41.4. The van der Waals surface area contributed by atoms with Crippen LogP contribution in [0.1, 0.15) is 196 Å². The number of hydrogen-bond donors (Lipinski definition) is 0. The Labute approximate surface area is 380 Å². The Hall–Kier alpha value is -2.20. The molecule has 2 atom stereocenters. The van der Waals surface area contributed by atoms with Crippen LogP contribution in [-0.2, 0) is 38.1 Å². The Kier molecular flexibility index (Phi) is 30.8. The predicted octanol–water partition coefficient (Wildman–Crippen LogP) is 11.5. The van der Waals surface area contributed by atoms with Gasteiger partial charge in [0.15, 0.2) is 0 Å². The lowest BCUT2D eigenvalue weighted by molar-refractivity contribution is -0.156. The Morgan fingerprint density at radius 1 is 0.484 bits per heavy atom. The first-order valence-electron chi connectivity index (χ1n) is 25.8. The van der Waals surface area contributed by atoms with Crippen molar-refractivity contribution in [3.05, 3.63) is 0 Å². The summed E-state index contributed by atoms with van der Waals surface area (Å²) in [6.07, 6.45) is 24.9. The van der Waals surface area contributed by atoms with Crippen molar-refractivity contribution in [1.82, 2.24) is 9.80 Å². The minimum atomic E-state index is -0.345. The van der Waals surface area contributed by atoms with E-state index in [-0.39, 0.29) is 75.0 Å². The third-order valence-electron chi connectivity index (χ3n) is 13.9. The van der Waals surface area contributed by atoms with Gasteiger partial charge in [0, 0.05) is 13.1 Å². The van der Waals surface area contributed by atoms with Gasteiger partial charge < -0.3 is 28.7 Å². The molecule has 2 aliphatic carbocycles. The minimum Gasteiger partial charge on any atom is -0.462 e. The molecule has 0 bridgehead atoms. The molecule has 10 heteroatoms. The van der Waals surface area contributed by atoms with Gasteiger partial charge in [0.1, 0.15) is 26.4 Å². The quantitative estimate of drug-likeness (QED) is 0.0346. The fourth-order valence-electron chi connectivity index (χ4n) is 9.45. The average Bonchev–Trinajstić information content (AvgIpc) is 3.24. The van der Waals surface area contributed by atoms with Crippen molar-refractivity contribution in [2.75, 3.05) is 66.2 Å². The number of carbonyl (C=O) groups excluding carboxylic acids is 4. The molecule has 2 unspecified atom stereocenters. The highest BCUT2D eigenvalue weighted by molar-refractivity contribution is 5.73. The first-order chi connectivity index (χ1) is 29.7. The molecule has 0 aromatic carbocycles. The summed E-state index contributed by atoms with van der Waals surface area (Å²) in [6, 6.07) is 0. The van der Waals surface area contributed by atoms with Crippen LogP contribution >= 0.6 is 0 Å². The van der Waals surface area contributed by atoms with E-state index in [0.717, 1.165) is 113 Å². The molecule has 0 radical (unpaired) electrons. The normalized spacial score (nSPS) is 20.4. The van der Waals surface area contributed by atoms with Crippen molar-refractivity contribution in [3.63, 3.8) is 0 Å². The fraction of sp³-hybridized carbons (Fsp3) is 0.923. The van der Waals surface area contributed by atoms with Gasteiger partial charge >= 0.3 is 23.9 Å². The van der Waals surface area contributed by atoms with Crippen molar-refractivity contribution in [2.24, 2.45) is 47.3 Å². The molecule has 0 aromatic heterocycles. The molecule has 2 aliphatic rings. The van der Waals surface area contributed by atoms with Crippen LogP contribution in [0.5, 0.6) is 0 Å². The standard InChI is InChI=1S/C52H96N2O8/c1-9-53(8)33-14-34-54(35-31-49(55)59-37-39-61-51(57)47-27-23-45(24-28-47)21-12-19-43(6)17-10-15-41(2)3)36-32-50(56)60-38-40-62-52(58)48-29-25-46(26-30-48)22-13-20-44(7)18-11-16-42(4)5/h41-48H,9-40H2,1-8H3. The van der Waals surface area contributed by atoms with Crippen molar-refractivity contribution < 1.29 is 38.1 Å². The summed E-state index contributed by atoms with van der Waals surface area (Å²) >= 11 is 0. The number of esters is 4. The summed E-state index contributed by atoms with van der Waals surface area (Å²) in [7, 11) is 2.08. The third-order valence-corrected chi connectivity index (χ3v) is 13.9. The Balaban J connectivity index is 1.57. The molecule has 0 heterocycles. The summed E-state index contributed by atoms with van der Waals surface area (Å²) in [4.78, 5) is 55.1. The van der Waals surface area contributed by atoms with Crippen LogP contribution in [0, 0.1) is 47.3 Å². The summed E-state index contributed by atoms with van der Waals surface area (Å²) < 4.78 is 21.9. The van der Waals surface area contributed by atoms with Crippen LogP contribution in [-0.4, -0.2) is 99.9 Å². The topological polar surface area (TPSA) is 112 Å². The predicted molar refractivity (Wildman–Crippen MR) is 252 cm³/mol. The molecule has 0 amide bonds. The van der Waals surface area contributed by atoms with Crippen molar-refractivity contribution in [1.29, 1.82) is 0 Å². The lowest BCUT2D eigenvalue weighted by Crippen LogP contribution is -2.33. The lowest BCUT2D eigenvalue weighted by atomic mass is 9.79. The summed E-state index contributed by atoms with van der Waals surface area (Å²) in [5, 5.41) is 0. The molecule has 0 saturated heterocycles. The number of nitrogens with zero attached hydrogens (tertiary/aromatic N) is 2. The summed E-state index contributed by atoms with van der Waals surface area (Å²) in [5.41, 5.74) is 0. The van der Waals surface area contributed by atoms with Gasteiger partial charge in [-0.15, -0.1) is 0 Å². The average molecular weight is 877 g/mol. The minimum absolute atomic E-state index is 0.0486. The number of hydrogen-bond acceptors (Lipinski definition) is 10. The van der Waals surface area contributed by atoms with E-state index in [2.05, 4.69) is 65.3 Å². The Morgan fingerprint density at radius 2 is 0.871 bits per heavy atom. The largest absolute Gasteiger partial charge is 0.462 e. The SMILES string of the molecule is CCN(C)CCCN(CCC(=O)OCCOC(=O)C1CCC(CCCC(C)CCCC(C)C)CC1)CCC(=O)OCCOC(=O)C1CCC(CCCC(C)CCCC(C)C)CC1. The van der Waals surface area contributed by atoms with E-state index in [1.54, 1.807) is 0 Å². The molecule has 362 valence electrons. The maximum atomic E-state index is 12.7. The second-order valence-electron chi connectivity index (χ2n) is 20.5. The monoisotopic (exact) mass is 877 g/mol. The van der Waals surface area contributed by atoms with Gasteiger partial charge in [0.05, 0.1) is 24.7 Å². The molecule has 0 aromatic rings. The van der Waals surface area contributed by atoms with Crippen molar-refractivity contribution >= 4 is 23.9 Å². The van der Waals surface area contributed by atoms with Crippen LogP contribution in [0.2, 0.25) is 0 Å². The number of carbonyl (C=O) groups is 4. The zero-order chi connectivity index (χ0) is 45.5. The number of rotatable bonds is 35. The van der Waals surface area contributed by atoms with Crippen LogP contribution < -0.4 is 0 Å². The molecule has 2 rings (SSSR count). The maximum Gasteiger partial charge on any atom is 0.309 e. The van der Waals surface area contributed by atoms with Gasteiger partial charge in [-0.05, 0) is 120 Å². The number of ether oxygens (including phenoxy) is 4. The van der Waals surface area contributed by atoms with Gasteiger partial charge in [-0.3, -0.25) is 19.2 Å². The van der Waals surface area contributed by atoms with E-state index in [4.69, 9.17) is 18.9 Å². The molecule has 0 aliphatic heterocycles. The molecule has 2 saturated carbocycles. The summed E-state index contributed by atoms with van der Waals surface area (Å²) in [6.45, 7) is 19.9.